The third-order valence-corrected chi connectivity index (χ3v) is 6.89. The molecule has 0 atom stereocenters. The molecule has 1 fully saturated rings. The van der Waals surface area contributed by atoms with Gasteiger partial charge in [-0.05, 0) is 30.7 Å². The SMILES string of the molecule is CN1CCN(c2ccnc3nc(-c4n[nH]c5cnc(-c6cncc(NC(=O)CC(C)(C)C)c6)cc45)[nH]c23)CC1. The molecule has 39 heavy (non-hydrogen) atoms. The molecule has 3 N–H and O–H groups in total. The van der Waals surface area contributed by atoms with Crippen LogP contribution in [-0.2, 0) is 4.79 Å². The number of hydrogen-bond donors (Lipinski definition) is 3. The zero-order chi connectivity index (χ0) is 27.1. The normalized spacial score (nSPS) is 14.8. The van der Waals surface area contributed by atoms with Gasteiger partial charge in [0.25, 0.3) is 0 Å². The fourth-order valence-corrected chi connectivity index (χ4v) is 4.91. The predicted octanol–water partition coefficient (Wildman–Crippen LogP) is 4.08. The van der Waals surface area contributed by atoms with Gasteiger partial charge < -0.3 is 20.1 Å². The average Bonchev–Trinajstić information content (AvgIpc) is 3.52. The van der Waals surface area contributed by atoms with Gasteiger partial charge >= 0.3 is 0 Å². The molecular formula is C28H32N10O. The third kappa shape index (κ3) is 5.17. The molecule has 0 radical (unpaired) electrons. The van der Waals surface area contributed by atoms with Crippen molar-refractivity contribution in [1.82, 2.24) is 40.0 Å². The summed E-state index contributed by atoms with van der Waals surface area (Å²) in [5.74, 6) is 0.597. The van der Waals surface area contributed by atoms with Gasteiger partial charge in [-0.15, -0.1) is 0 Å². The van der Waals surface area contributed by atoms with E-state index in [0.29, 0.717) is 29.3 Å². The van der Waals surface area contributed by atoms with Gasteiger partial charge in [0.2, 0.25) is 5.91 Å². The van der Waals surface area contributed by atoms with E-state index in [1.54, 1.807) is 18.6 Å². The third-order valence-electron chi connectivity index (χ3n) is 6.89. The first kappa shape index (κ1) is 24.9. The Balaban J connectivity index is 1.32. The Hall–Kier alpha value is -4.38. The van der Waals surface area contributed by atoms with E-state index in [0.717, 1.165) is 59.5 Å². The Morgan fingerprint density at radius 3 is 2.69 bits per heavy atom. The number of nitrogens with zero attached hydrogens (tertiary/aromatic N) is 7. The first-order valence-corrected chi connectivity index (χ1v) is 13.1. The van der Waals surface area contributed by atoms with Crippen LogP contribution in [0.3, 0.4) is 0 Å². The minimum absolute atomic E-state index is 0.0450. The quantitative estimate of drug-likeness (QED) is 0.313. The summed E-state index contributed by atoms with van der Waals surface area (Å²) in [6, 6.07) is 5.89. The molecule has 0 aromatic carbocycles. The molecule has 5 aromatic heterocycles. The summed E-state index contributed by atoms with van der Waals surface area (Å²) in [4.78, 5) is 38.9. The molecular weight excluding hydrogens is 492 g/mol. The predicted molar refractivity (Wildman–Crippen MR) is 152 cm³/mol. The van der Waals surface area contributed by atoms with Crippen LogP contribution in [0.15, 0.2) is 43.0 Å². The molecule has 1 aliphatic heterocycles. The van der Waals surface area contributed by atoms with Crippen molar-refractivity contribution in [1.29, 1.82) is 0 Å². The van der Waals surface area contributed by atoms with Gasteiger partial charge in [0.15, 0.2) is 11.5 Å². The maximum atomic E-state index is 12.4. The number of carbonyl (C=O) groups is 1. The van der Waals surface area contributed by atoms with Crippen LogP contribution in [0.1, 0.15) is 27.2 Å². The van der Waals surface area contributed by atoms with Crippen LogP contribution in [0.2, 0.25) is 0 Å². The molecule has 6 rings (SSSR count). The lowest BCUT2D eigenvalue weighted by molar-refractivity contribution is -0.117. The molecule has 6 heterocycles. The Labute approximate surface area is 226 Å². The zero-order valence-corrected chi connectivity index (χ0v) is 22.6. The minimum Gasteiger partial charge on any atom is -0.367 e. The van der Waals surface area contributed by atoms with Crippen molar-refractivity contribution in [3.8, 4) is 22.8 Å². The van der Waals surface area contributed by atoms with E-state index in [1.807, 2.05) is 45.2 Å². The van der Waals surface area contributed by atoms with Crippen molar-refractivity contribution < 1.29 is 4.79 Å². The van der Waals surface area contributed by atoms with E-state index in [4.69, 9.17) is 4.98 Å². The molecule has 200 valence electrons. The number of nitrogens with one attached hydrogen (secondary N) is 3. The van der Waals surface area contributed by atoms with E-state index < -0.39 is 0 Å². The van der Waals surface area contributed by atoms with E-state index in [9.17, 15) is 4.79 Å². The molecule has 0 bridgehead atoms. The second-order valence-corrected chi connectivity index (χ2v) is 11.3. The highest BCUT2D eigenvalue weighted by molar-refractivity contribution is 5.96. The number of pyridine rings is 3. The van der Waals surface area contributed by atoms with Crippen LogP contribution >= 0.6 is 0 Å². The summed E-state index contributed by atoms with van der Waals surface area (Å²) >= 11 is 0. The van der Waals surface area contributed by atoms with E-state index >= 15 is 0 Å². The molecule has 1 amide bonds. The largest absolute Gasteiger partial charge is 0.367 e. The van der Waals surface area contributed by atoms with E-state index in [2.05, 4.69) is 52.3 Å². The summed E-state index contributed by atoms with van der Waals surface area (Å²) in [6.45, 7) is 10.0. The summed E-state index contributed by atoms with van der Waals surface area (Å²) in [7, 11) is 2.15. The first-order chi connectivity index (χ1) is 18.7. The summed E-state index contributed by atoms with van der Waals surface area (Å²) < 4.78 is 0. The van der Waals surface area contributed by atoms with Crippen molar-refractivity contribution >= 4 is 39.3 Å². The number of aromatic nitrogens is 7. The van der Waals surface area contributed by atoms with Crippen LogP contribution in [0.5, 0.6) is 0 Å². The Bertz CT molecular complexity index is 1660. The zero-order valence-electron chi connectivity index (χ0n) is 22.6. The molecule has 0 unspecified atom stereocenters. The molecule has 11 heteroatoms. The number of hydrogen-bond acceptors (Lipinski definition) is 8. The molecule has 1 saturated heterocycles. The lowest BCUT2D eigenvalue weighted by Crippen LogP contribution is -2.44. The standard InChI is InChI=1S/C28H32N10O/c1-28(2,3)13-23(39)32-18-11-17(14-29-15-18)20-12-19-21(16-31-20)35-36-24(19)27-33-25-22(5-6-30-26(25)34-27)38-9-7-37(4)8-10-38/h5-6,11-12,14-16H,7-10,13H2,1-4H3,(H,32,39)(H,35,36)(H,30,33,34). The van der Waals surface area contributed by atoms with Crippen LogP contribution < -0.4 is 10.2 Å². The summed E-state index contributed by atoms with van der Waals surface area (Å²) in [5, 5.41) is 11.5. The van der Waals surface area contributed by atoms with E-state index in [-0.39, 0.29) is 11.3 Å². The lowest BCUT2D eigenvalue weighted by Gasteiger charge is -2.34. The number of carbonyl (C=O) groups excluding carboxylic acids is 1. The number of likely N-dealkylation sites (N-methyl/N-ethyl adjacent to an activating group) is 1. The number of fused-ring (bicyclic) bond motifs is 2. The van der Waals surface area contributed by atoms with Gasteiger partial charge in [-0.3, -0.25) is 19.9 Å². The minimum atomic E-state index is -0.100. The van der Waals surface area contributed by atoms with Crippen LogP contribution in [0, 0.1) is 5.41 Å². The maximum absolute atomic E-state index is 12.4. The molecule has 0 spiro atoms. The molecule has 0 aliphatic carbocycles. The van der Waals surface area contributed by atoms with Crippen molar-refractivity contribution in [2.24, 2.45) is 5.41 Å². The number of aromatic amines is 2. The van der Waals surface area contributed by atoms with Crippen LogP contribution in [-0.4, -0.2) is 79.2 Å². The van der Waals surface area contributed by atoms with Gasteiger partial charge in [-0.1, -0.05) is 20.8 Å². The Morgan fingerprint density at radius 2 is 1.90 bits per heavy atom. The average molecular weight is 525 g/mol. The fraction of sp³-hybridized carbons (Fsp3) is 0.357. The molecule has 1 aliphatic rings. The van der Waals surface area contributed by atoms with Crippen molar-refractivity contribution in [2.75, 3.05) is 43.4 Å². The first-order valence-electron chi connectivity index (χ1n) is 13.1. The highest BCUT2D eigenvalue weighted by atomic mass is 16.1. The van der Waals surface area contributed by atoms with Gasteiger partial charge in [-0.25, -0.2) is 9.97 Å². The lowest BCUT2D eigenvalue weighted by atomic mass is 9.92. The van der Waals surface area contributed by atoms with Gasteiger partial charge in [0, 0.05) is 55.9 Å². The second kappa shape index (κ2) is 9.73. The summed E-state index contributed by atoms with van der Waals surface area (Å²) in [5.41, 5.74) is 6.21. The number of anilines is 2. The fourth-order valence-electron chi connectivity index (χ4n) is 4.91. The topological polar surface area (TPSA) is 132 Å². The number of H-pyrrole nitrogens is 2. The van der Waals surface area contributed by atoms with E-state index in [1.165, 1.54) is 0 Å². The second-order valence-electron chi connectivity index (χ2n) is 11.3. The summed E-state index contributed by atoms with van der Waals surface area (Å²) in [6.07, 6.45) is 7.36. The molecule has 11 nitrogen and oxygen atoms in total. The van der Waals surface area contributed by atoms with Gasteiger partial charge in [0.1, 0.15) is 11.2 Å². The van der Waals surface area contributed by atoms with Crippen LogP contribution in [0.25, 0.3) is 44.8 Å². The Morgan fingerprint density at radius 1 is 1.08 bits per heavy atom. The maximum Gasteiger partial charge on any atom is 0.224 e. The van der Waals surface area contributed by atoms with Crippen molar-refractivity contribution in [2.45, 2.75) is 27.2 Å². The smallest absolute Gasteiger partial charge is 0.224 e. The number of rotatable bonds is 5. The molecule has 0 saturated carbocycles. The molecule has 5 aromatic rings. The highest BCUT2D eigenvalue weighted by Crippen LogP contribution is 2.32. The van der Waals surface area contributed by atoms with Crippen LogP contribution in [0.4, 0.5) is 11.4 Å². The Kier molecular flexibility index (Phi) is 6.22. The number of imidazole rings is 1. The van der Waals surface area contributed by atoms with Gasteiger partial charge in [-0.2, -0.15) is 5.10 Å². The van der Waals surface area contributed by atoms with Crippen molar-refractivity contribution in [3.63, 3.8) is 0 Å². The van der Waals surface area contributed by atoms with Gasteiger partial charge in [0.05, 0.1) is 35.0 Å². The number of amides is 1. The van der Waals surface area contributed by atoms with Crippen molar-refractivity contribution in [3.05, 3.63) is 43.0 Å². The highest BCUT2D eigenvalue weighted by Gasteiger charge is 2.21. The monoisotopic (exact) mass is 524 g/mol. The number of piperazine rings is 1.